The molecule has 1 atom stereocenters. The summed E-state index contributed by atoms with van der Waals surface area (Å²) in [5.74, 6) is 0.441. The fourth-order valence-electron chi connectivity index (χ4n) is 4.18. The molecule has 1 N–H and O–H groups in total. The largest absolute Gasteiger partial charge is 0.504 e. The lowest BCUT2D eigenvalue weighted by Gasteiger charge is -2.26. The molecular weight excluding hydrogens is 492 g/mol. The van der Waals surface area contributed by atoms with E-state index in [1.54, 1.807) is 32.1 Å². The molecule has 2 aromatic carbocycles. The van der Waals surface area contributed by atoms with E-state index in [1.807, 2.05) is 38.1 Å². The number of carbonyl (C=O) groups is 1. The third kappa shape index (κ3) is 5.32. The second-order valence-corrected chi connectivity index (χ2v) is 9.36. The van der Waals surface area contributed by atoms with Crippen LogP contribution in [0.2, 0.25) is 0 Å². The Hall–Kier alpha value is -3.85. The molecule has 8 nitrogen and oxygen atoms in total. The first kappa shape index (κ1) is 26.2. The molecule has 0 unspecified atom stereocenters. The predicted octanol–water partition coefficient (Wildman–Crippen LogP) is 3.69. The van der Waals surface area contributed by atoms with Crippen LogP contribution in [-0.4, -0.2) is 35.5 Å². The molecule has 9 heteroatoms. The molecule has 4 rings (SSSR count). The summed E-state index contributed by atoms with van der Waals surface area (Å²) in [7, 11) is 0. The Kier molecular flexibility index (Phi) is 8.13. The summed E-state index contributed by atoms with van der Waals surface area (Å²) in [6, 6.07) is 11.6. The molecule has 37 heavy (non-hydrogen) atoms. The molecule has 194 valence electrons. The van der Waals surface area contributed by atoms with Crippen LogP contribution >= 0.6 is 11.3 Å². The lowest BCUT2D eigenvalue weighted by molar-refractivity contribution is -0.139. The van der Waals surface area contributed by atoms with Crippen molar-refractivity contribution in [3.8, 4) is 17.2 Å². The van der Waals surface area contributed by atoms with Crippen molar-refractivity contribution in [1.29, 1.82) is 0 Å². The van der Waals surface area contributed by atoms with Gasteiger partial charge in [0.05, 0.1) is 35.6 Å². The van der Waals surface area contributed by atoms with E-state index in [9.17, 15) is 14.7 Å². The third-order valence-electron chi connectivity index (χ3n) is 5.77. The number of rotatable bonds is 9. The minimum absolute atomic E-state index is 0.0267. The summed E-state index contributed by atoms with van der Waals surface area (Å²) >= 11 is 1.23. The van der Waals surface area contributed by atoms with E-state index < -0.39 is 12.0 Å². The first-order chi connectivity index (χ1) is 17.9. The van der Waals surface area contributed by atoms with Gasteiger partial charge in [-0.1, -0.05) is 42.5 Å². The van der Waals surface area contributed by atoms with Gasteiger partial charge in [-0.25, -0.2) is 9.79 Å². The van der Waals surface area contributed by atoms with Gasteiger partial charge in [0.2, 0.25) is 0 Å². The third-order valence-corrected chi connectivity index (χ3v) is 6.76. The standard InChI is InChI=1S/C28H30N2O6S/c1-5-14-36-21-11-9-8-10-19(21)25-24(27(33)35-7-3)17(4)29-28-30(25)26(32)23(37-28)16-18-12-13-20(31)22(15-18)34-6-2/h8-13,15-16,25,31H,5-7,14H2,1-4H3/b23-16-/t25-/m1/s1. The number of aromatic nitrogens is 1. The maximum absolute atomic E-state index is 13.8. The minimum atomic E-state index is -0.760. The Balaban J connectivity index is 1.93. The second-order valence-electron chi connectivity index (χ2n) is 8.35. The molecule has 2 heterocycles. The number of fused-ring (bicyclic) bond motifs is 1. The number of phenols is 1. The molecule has 3 aromatic rings. The molecule has 1 aromatic heterocycles. The fourth-order valence-corrected chi connectivity index (χ4v) is 5.23. The highest BCUT2D eigenvalue weighted by atomic mass is 32.1. The van der Waals surface area contributed by atoms with Crippen LogP contribution < -0.4 is 24.4 Å². The summed E-state index contributed by atoms with van der Waals surface area (Å²) < 4.78 is 18.8. The van der Waals surface area contributed by atoms with Gasteiger partial charge in [-0.15, -0.1) is 0 Å². The Morgan fingerprint density at radius 1 is 1.11 bits per heavy atom. The van der Waals surface area contributed by atoms with Gasteiger partial charge < -0.3 is 19.3 Å². The van der Waals surface area contributed by atoms with Crippen molar-refractivity contribution in [2.24, 2.45) is 4.99 Å². The summed E-state index contributed by atoms with van der Waals surface area (Å²) in [5.41, 5.74) is 1.88. The highest BCUT2D eigenvalue weighted by molar-refractivity contribution is 7.07. The van der Waals surface area contributed by atoms with Crippen LogP contribution in [0.25, 0.3) is 6.08 Å². The first-order valence-electron chi connectivity index (χ1n) is 12.3. The van der Waals surface area contributed by atoms with Gasteiger partial charge in [0.25, 0.3) is 5.56 Å². The number of allylic oxidation sites excluding steroid dienone is 1. The number of para-hydroxylation sites is 1. The van der Waals surface area contributed by atoms with Crippen LogP contribution in [-0.2, 0) is 9.53 Å². The number of carbonyl (C=O) groups excluding carboxylic acids is 1. The van der Waals surface area contributed by atoms with Crippen molar-refractivity contribution in [2.75, 3.05) is 19.8 Å². The quantitative estimate of drug-likeness (QED) is 0.431. The fraction of sp³-hybridized carbons (Fsp3) is 0.321. The van der Waals surface area contributed by atoms with Crippen molar-refractivity contribution >= 4 is 23.4 Å². The Morgan fingerprint density at radius 3 is 2.62 bits per heavy atom. The van der Waals surface area contributed by atoms with E-state index in [2.05, 4.69) is 4.99 Å². The van der Waals surface area contributed by atoms with Crippen molar-refractivity contribution in [1.82, 2.24) is 4.57 Å². The minimum Gasteiger partial charge on any atom is -0.504 e. The van der Waals surface area contributed by atoms with Crippen LogP contribution in [0.1, 0.15) is 51.3 Å². The predicted molar refractivity (Wildman–Crippen MR) is 142 cm³/mol. The van der Waals surface area contributed by atoms with Gasteiger partial charge >= 0.3 is 5.97 Å². The lowest BCUT2D eigenvalue weighted by atomic mass is 9.95. The van der Waals surface area contributed by atoms with E-state index in [0.717, 1.165) is 6.42 Å². The summed E-state index contributed by atoms with van der Waals surface area (Å²) in [6.07, 6.45) is 2.54. The molecule has 1 aliphatic heterocycles. The molecule has 0 fully saturated rings. The van der Waals surface area contributed by atoms with Gasteiger partial charge in [0.1, 0.15) is 11.8 Å². The number of thiazole rings is 1. The van der Waals surface area contributed by atoms with E-state index >= 15 is 0 Å². The van der Waals surface area contributed by atoms with Crippen molar-refractivity contribution in [3.05, 3.63) is 84.5 Å². The van der Waals surface area contributed by atoms with Gasteiger partial charge in [-0.3, -0.25) is 9.36 Å². The number of esters is 1. The molecular formula is C28H30N2O6S. The normalized spacial score (nSPS) is 15.2. The molecule has 0 spiro atoms. The molecule has 0 aliphatic carbocycles. The van der Waals surface area contributed by atoms with Gasteiger partial charge in [0.15, 0.2) is 16.3 Å². The Morgan fingerprint density at radius 2 is 1.89 bits per heavy atom. The summed E-state index contributed by atoms with van der Waals surface area (Å²) in [5, 5.41) is 10.0. The maximum Gasteiger partial charge on any atom is 0.338 e. The Labute approximate surface area is 218 Å². The van der Waals surface area contributed by atoms with Crippen molar-refractivity contribution in [2.45, 2.75) is 40.2 Å². The highest BCUT2D eigenvalue weighted by Crippen LogP contribution is 2.36. The molecule has 0 saturated heterocycles. The smallest absolute Gasteiger partial charge is 0.338 e. The summed E-state index contributed by atoms with van der Waals surface area (Å²) in [6.45, 7) is 8.43. The average molecular weight is 523 g/mol. The average Bonchev–Trinajstić information content (AvgIpc) is 3.18. The number of ether oxygens (including phenoxy) is 3. The van der Waals surface area contributed by atoms with Gasteiger partial charge in [0, 0.05) is 5.56 Å². The van der Waals surface area contributed by atoms with E-state index in [4.69, 9.17) is 14.2 Å². The first-order valence-corrected chi connectivity index (χ1v) is 13.1. The Bertz CT molecular complexity index is 1520. The van der Waals surface area contributed by atoms with Crippen LogP contribution in [0.5, 0.6) is 17.2 Å². The van der Waals surface area contributed by atoms with Crippen LogP contribution in [0.3, 0.4) is 0 Å². The lowest BCUT2D eigenvalue weighted by Crippen LogP contribution is -2.40. The monoisotopic (exact) mass is 522 g/mol. The number of benzene rings is 2. The van der Waals surface area contributed by atoms with E-state index in [-0.39, 0.29) is 17.9 Å². The number of phenolic OH excluding ortho intramolecular Hbond substituents is 1. The molecule has 1 aliphatic rings. The zero-order valence-electron chi connectivity index (χ0n) is 21.3. The SMILES string of the molecule is CCCOc1ccccc1[C@@H]1C(C(=O)OCC)=C(C)N=c2s/c(=C\c3ccc(O)c(OCC)c3)c(=O)n21. The number of hydrogen-bond donors (Lipinski definition) is 1. The van der Waals surface area contributed by atoms with E-state index in [1.165, 1.54) is 22.0 Å². The second kappa shape index (κ2) is 11.5. The van der Waals surface area contributed by atoms with Crippen LogP contribution in [0.15, 0.2) is 63.5 Å². The topological polar surface area (TPSA) is 99.4 Å². The highest BCUT2D eigenvalue weighted by Gasteiger charge is 2.35. The van der Waals surface area contributed by atoms with Crippen LogP contribution in [0.4, 0.5) is 0 Å². The zero-order valence-corrected chi connectivity index (χ0v) is 22.1. The van der Waals surface area contributed by atoms with E-state index in [0.29, 0.717) is 56.4 Å². The van der Waals surface area contributed by atoms with Gasteiger partial charge in [-0.2, -0.15) is 0 Å². The molecule has 0 radical (unpaired) electrons. The van der Waals surface area contributed by atoms with Crippen molar-refractivity contribution in [3.63, 3.8) is 0 Å². The molecule has 0 bridgehead atoms. The summed E-state index contributed by atoms with van der Waals surface area (Å²) in [4.78, 5) is 32.0. The zero-order chi connectivity index (χ0) is 26.5. The molecule has 0 amide bonds. The van der Waals surface area contributed by atoms with Crippen LogP contribution in [0, 0.1) is 0 Å². The number of aromatic hydroxyl groups is 1. The van der Waals surface area contributed by atoms with Gasteiger partial charge in [-0.05, 0) is 57.0 Å². The number of nitrogens with zero attached hydrogens (tertiary/aromatic N) is 2. The number of hydrogen-bond acceptors (Lipinski definition) is 8. The maximum atomic E-state index is 13.8. The van der Waals surface area contributed by atoms with Crippen molar-refractivity contribution < 1.29 is 24.1 Å². The molecule has 0 saturated carbocycles.